The SMILES string of the molecule is C#CC(C)Oc1cc([N+](=O)[O-])cc(NCC)n1. The third-order valence-corrected chi connectivity index (χ3v) is 1.89. The molecule has 1 atom stereocenters. The van der Waals surface area contributed by atoms with Crippen LogP contribution in [-0.2, 0) is 0 Å². The molecule has 6 heteroatoms. The van der Waals surface area contributed by atoms with Crippen molar-refractivity contribution in [1.82, 2.24) is 4.98 Å². The Morgan fingerprint density at radius 2 is 2.41 bits per heavy atom. The summed E-state index contributed by atoms with van der Waals surface area (Å²) in [5.41, 5.74) is -0.0878. The molecule has 0 saturated carbocycles. The quantitative estimate of drug-likeness (QED) is 0.478. The fourth-order valence-corrected chi connectivity index (χ4v) is 1.14. The van der Waals surface area contributed by atoms with Crippen LogP contribution in [0.2, 0.25) is 0 Å². The van der Waals surface area contributed by atoms with E-state index in [1.807, 2.05) is 6.92 Å². The van der Waals surface area contributed by atoms with Crippen LogP contribution < -0.4 is 10.1 Å². The predicted octanol–water partition coefficient (Wildman–Crippen LogP) is 1.82. The van der Waals surface area contributed by atoms with Crippen LogP contribution in [0, 0.1) is 22.5 Å². The Bertz CT molecular complexity index is 454. The Morgan fingerprint density at radius 1 is 1.71 bits per heavy atom. The molecule has 0 aromatic carbocycles. The lowest BCUT2D eigenvalue weighted by atomic mass is 10.3. The Balaban J connectivity index is 3.04. The van der Waals surface area contributed by atoms with Gasteiger partial charge in [0.05, 0.1) is 17.1 Å². The summed E-state index contributed by atoms with van der Waals surface area (Å²) in [6.45, 7) is 4.14. The first-order valence-corrected chi connectivity index (χ1v) is 5.10. The maximum atomic E-state index is 10.7. The summed E-state index contributed by atoms with van der Waals surface area (Å²) in [6, 6.07) is 2.59. The molecule has 0 spiro atoms. The van der Waals surface area contributed by atoms with Crippen molar-refractivity contribution in [1.29, 1.82) is 0 Å². The molecule has 90 valence electrons. The number of terminal acetylenes is 1. The van der Waals surface area contributed by atoms with Gasteiger partial charge in [0.15, 0.2) is 6.10 Å². The highest BCUT2D eigenvalue weighted by atomic mass is 16.6. The van der Waals surface area contributed by atoms with Crippen molar-refractivity contribution >= 4 is 11.5 Å². The molecule has 17 heavy (non-hydrogen) atoms. The van der Waals surface area contributed by atoms with Crippen molar-refractivity contribution in [2.24, 2.45) is 0 Å². The molecular formula is C11H13N3O3. The number of rotatable bonds is 5. The molecule has 1 unspecified atom stereocenters. The second-order valence-corrected chi connectivity index (χ2v) is 3.26. The standard InChI is InChI=1S/C11H13N3O3/c1-4-8(3)17-11-7-9(14(15)16)6-10(13-11)12-5-2/h1,6-8H,5H2,2-3H3,(H,12,13). The molecule has 0 aliphatic heterocycles. The first-order valence-electron chi connectivity index (χ1n) is 5.10. The van der Waals surface area contributed by atoms with Gasteiger partial charge in [0, 0.05) is 6.54 Å². The van der Waals surface area contributed by atoms with Crippen molar-refractivity contribution in [2.45, 2.75) is 20.0 Å². The maximum Gasteiger partial charge on any atom is 0.278 e. The summed E-state index contributed by atoms with van der Waals surface area (Å²) in [6.07, 6.45) is 4.68. The van der Waals surface area contributed by atoms with Crippen molar-refractivity contribution in [3.05, 3.63) is 22.2 Å². The van der Waals surface area contributed by atoms with E-state index in [-0.39, 0.29) is 11.6 Å². The van der Waals surface area contributed by atoms with Crippen LogP contribution >= 0.6 is 0 Å². The minimum absolute atomic E-state index is 0.0878. The minimum atomic E-state index is -0.504. The van der Waals surface area contributed by atoms with Crippen LogP contribution in [0.25, 0.3) is 0 Å². The lowest BCUT2D eigenvalue weighted by molar-refractivity contribution is -0.384. The number of nitrogens with one attached hydrogen (secondary N) is 1. The van der Waals surface area contributed by atoms with Crippen LogP contribution in [-0.4, -0.2) is 22.6 Å². The summed E-state index contributed by atoms with van der Waals surface area (Å²) in [5, 5.41) is 13.6. The van der Waals surface area contributed by atoms with E-state index in [1.165, 1.54) is 12.1 Å². The zero-order valence-corrected chi connectivity index (χ0v) is 9.64. The summed E-state index contributed by atoms with van der Waals surface area (Å²) >= 11 is 0. The Kier molecular flexibility index (Phi) is 4.29. The monoisotopic (exact) mass is 235 g/mol. The molecule has 1 rings (SSSR count). The van der Waals surface area contributed by atoms with E-state index in [0.717, 1.165) is 0 Å². The summed E-state index contributed by atoms with van der Waals surface area (Å²) in [5.74, 6) is 2.89. The number of ether oxygens (including phenoxy) is 1. The first kappa shape index (κ1) is 12.8. The van der Waals surface area contributed by atoms with Gasteiger partial charge in [-0.05, 0) is 13.8 Å². The van der Waals surface area contributed by atoms with Gasteiger partial charge in [0.2, 0.25) is 5.88 Å². The number of hydrogen-bond donors (Lipinski definition) is 1. The zero-order valence-electron chi connectivity index (χ0n) is 9.64. The normalized spacial score (nSPS) is 11.4. The number of aromatic nitrogens is 1. The summed E-state index contributed by atoms with van der Waals surface area (Å²) < 4.78 is 5.25. The van der Waals surface area contributed by atoms with Crippen LogP contribution in [0.4, 0.5) is 11.5 Å². The van der Waals surface area contributed by atoms with Gasteiger partial charge in [-0.15, -0.1) is 6.42 Å². The largest absolute Gasteiger partial charge is 0.461 e. The van der Waals surface area contributed by atoms with Crippen molar-refractivity contribution in [3.8, 4) is 18.2 Å². The van der Waals surface area contributed by atoms with E-state index in [9.17, 15) is 10.1 Å². The predicted molar refractivity (Wildman–Crippen MR) is 64.0 cm³/mol. The highest BCUT2D eigenvalue weighted by Gasteiger charge is 2.13. The molecule has 1 aromatic heterocycles. The lowest BCUT2D eigenvalue weighted by Crippen LogP contribution is -2.10. The molecule has 0 amide bonds. The van der Waals surface area contributed by atoms with Crippen molar-refractivity contribution in [3.63, 3.8) is 0 Å². The lowest BCUT2D eigenvalue weighted by Gasteiger charge is -2.09. The van der Waals surface area contributed by atoms with Gasteiger partial charge in [0.1, 0.15) is 5.82 Å². The topological polar surface area (TPSA) is 77.3 Å². The van der Waals surface area contributed by atoms with E-state index >= 15 is 0 Å². The van der Waals surface area contributed by atoms with Gasteiger partial charge in [-0.1, -0.05) is 5.92 Å². The molecule has 1 aromatic rings. The summed E-state index contributed by atoms with van der Waals surface area (Å²) in [7, 11) is 0. The van der Waals surface area contributed by atoms with Crippen LogP contribution in [0.15, 0.2) is 12.1 Å². The van der Waals surface area contributed by atoms with Crippen LogP contribution in [0.3, 0.4) is 0 Å². The van der Waals surface area contributed by atoms with Gasteiger partial charge < -0.3 is 10.1 Å². The number of nitro groups is 1. The van der Waals surface area contributed by atoms with Gasteiger partial charge in [0.25, 0.3) is 5.69 Å². The van der Waals surface area contributed by atoms with Crippen LogP contribution in [0.1, 0.15) is 13.8 Å². The second-order valence-electron chi connectivity index (χ2n) is 3.26. The van der Waals surface area contributed by atoms with E-state index < -0.39 is 11.0 Å². The highest BCUT2D eigenvalue weighted by Crippen LogP contribution is 2.22. The molecule has 1 heterocycles. The van der Waals surface area contributed by atoms with Gasteiger partial charge in [-0.2, -0.15) is 4.98 Å². The molecule has 0 aliphatic carbocycles. The van der Waals surface area contributed by atoms with Gasteiger partial charge in [-0.25, -0.2) is 0 Å². The average Bonchev–Trinajstić information content (AvgIpc) is 2.29. The Labute approximate surface area is 99.2 Å². The molecule has 0 fully saturated rings. The zero-order chi connectivity index (χ0) is 12.8. The maximum absolute atomic E-state index is 10.7. The Hall–Kier alpha value is -2.29. The van der Waals surface area contributed by atoms with Crippen LogP contribution in [0.5, 0.6) is 5.88 Å². The molecule has 6 nitrogen and oxygen atoms in total. The highest BCUT2D eigenvalue weighted by molar-refractivity contribution is 5.48. The van der Waals surface area contributed by atoms with Gasteiger partial charge >= 0.3 is 0 Å². The smallest absolute Gasteiger partial charge is 0.278 e. The number of anilines is 1. The fraction of sp³-hybridized carbons (Fsp3) is 0.364. The second kappa shape index (κ2) is 5.70. The molecule has 0 saturated heterocycles. The Morgan fingerprint density at radius 3 is 2.94 bits per heavy atom. The van der Waals surface area contributed by atoms with E-state index in [1.54, 1.807) is 6.92 Å². The van der Waals surface area contributed by atoms with Crippen molar-refractivity contribution < 1.29 is 9.66 Å². The minimum Gasteiger partial charge on any atom is -0.461 e. The van der Waals surface area contributed by atoms with E-state index in [2.05, 4.69) is 16.2 Å². The van der Waals surface area contributed by atoms with Gasteiger partial charge in [-0.3, -0.25) is 10.1 Å². The molecule has 1 N–H and O–H groups in total. The molecular weight excluding hydrogens is 222 g/mol. The van der Waals surface area contributed by atoms with Crippen molar-refractivity contribution in [2.75, 3.05) is 11.9 Å². The van der Waals surface area contributed by atoms with E-state index in [4.69, 9.17) is 11.2 Å². The molecule has 0 aliphatic rings. The summed E-state index contributed by atoms with van der Waals surface area (Å²) in [4.78, 5) is 14.3. The van der Waals surface area contributed by atoms with E-state index in [0.29, 0.717) is 12.4 Å². The molecule has 0 bridgehead atoms. The fourth-order valence-electron chi connectivity index (χ4n) is 1.14. The third kappa shape index (κ3) is 3.65. The third-order valence-electron chi connectivity index (χ3n) is 1.89. The first-order chi connectivity index (χ1) is 8.06. The number of hydrogen-bond acceptors (Lipinski definition) is 5. The molecule has 0 radical (unpaired) electrons. The number of nitrogens with zero attached hydrogens (tertiary/aromatic N) is 2. The number of pyridine rings is 1. The average molecular weight is 235 g/mol.